The molecule has 4 nitrogen and oxygen atoms in total. The highest BCUT2D eigenvalue weighted by Crippen LogP contribution is 2.07. The average molecular weight is 178 g/mol. The lowest BCUT2D eigenvalue weighted by molar-refractivity contribution is -0.147. The summed E-state index contributed by atoms with van der Waals surface area (Å²) in [7, 11) is 0. The van der Waals surface area contributed by atoms with E-state index in [-0.39, 0.29) is 0 Å². The Morgan fingerprint density at radius 2 is 1.30 bits per heavy atom. The molecule has 1 saturated heterocycles. The predicted octanol–water partition coefficient (Wildman–Crippen LogP) is -0.653. The highest BCUT2D eigenvalue weighted by atomic mass is 32.1. The van der Waals surface area contributed by atoms with Crippen LogP contribution in [-0.2, 0) is 9.59 Å². The topological polar surface area (TPSA) is 40.6 Å². The number of piperazine rings is 1. The summed E-state index contributed by atoms with van der Waals surface area (Å²) in [6.45, 7) is 0.856. The van der Waals surface area contributed by atoms with Crippen molar-refractivity contribution in [1.82, 2.24) is 8.61 Å². The summed E-state index contributed by atoms with van der Waals surface area (Å²) in [6.07, 6.45) is 0. The fraction of sp³-hybridized carbons (Fsp3) is 0.500. The van der Waals surface area contributed by atoms with Crippen LogP contribution in [0.2, 0.25) is 0 Å². The van der Waals surface area contributed by atoms with Crippen molar-refractivity contribution in [1.29, 1.82) is 0 Å². The molecule has 0 N–H and O–H groups in total. The third-order valence-corrected chi connectivity index (χ3v) is 1.94. The smallest absolute Gasteiger partial charge is 0.279 e. The Morgan fingerprint density at radius 3 is 1.60 bits per heavy atom. The molecule has 0 saturated carbocycles. The van der Waals surface area contributed by atoms with E-state index in [0.29, 0.717) is 13.1 Å². The van der Waals surface area contributed by atoms with Crippen molar-refractivity contribution in [2.75, 3.05) is 13.1 Å². The summed E-state index contributed by atoms with van der Waals surface area (Å²) in [5, 5.41) is 0. The Labute approximate surface area is 69.3 Å². The van der Waals surface area contributed by atoms with Crippen molar-refractivity contribution < 1.29 is 9.59 Å². The van der Waals surface area contributed by atoms with Gasteiger partial charge in [-0.2, -0.15) is 0 Å². The van der Waals surface area contributed by atoms with Crippen molar-refractivity contribution >= 4 is 37.4 Å². The van der Waals surface area contributed by atoms with E-state index < -0.39 is 11.8 Å². The van der Waals surface area contributed by atoms with E-state index in [1.807, 2.05) is 0 Å². The lowest BCUT2D eigenvalue weighted by Gasteiger charge is -2.25. The number of nitrogens with zero attached hydrogens (tertiary/aromatic N) is 2. The van der Waals surface area contributed by atoms with Gasteiger partial charge in [0.25, 0.3) is 0 Å². The normalized spacial score (nSPS) is 20.2. The lowest BCUT2D eigenvalue weighted by Crippen LogP contribution is -2.46. The van der Waals surface area contributed by atoms with Gasteiger partial charge in [0.05, 0.1) is 13.1 Å². The van der Waals surface area contributed by atoms with E-state index >= 15 is 0 Å². The van der Waals surface area contributed by atoms with Gasteiger partial charge < -0.3 is 0 Å². The molecule has 1 aliphatic rings. The third-order valence-electron chi connectivity index (χ3n) is 1.18. The van der Waals surface area contributed by atoms with Crippen LogP contribution < -0.4 is 0 Å². The number of thiol groups is 2. The summed E-state index contributed by atoms with van der Waals surface area (Å²) < 4.78 is 2.16. The second-order valence-electron chi connectivity index (χ2n) is 1.86. The van der Waals surface area contributed by atoms with E-state index in [9.17, 15) is 9.59 Å². The fourth-order valence-corrected chi connectivity index (χ4v) is 0.963. The Morgan fingerprint density at radius 1 is 1.00 bits per heavy atom. The van der Waals surface area contributed by atoms with Gasteiger partial charge in [-0.25, -0.2) is 0 Å². The van der Waals surface area contributed by atoms with Crippen molar-refractivity contribution in [3.63, 3.8) is 0 Å². The van der Waals surface area contributed by atoms with E-state index in [4.69, 9.17) is 0 Å². The molecule has 1 heterocycles. The van der Waals surface area contributed by atoms with Crippen molar-refractivity contribution in [3.8, 4) is 0 Å². The second-order valence-corrected chi connectivity index (χ2v) is 2.82. The molecule has 0 aromatic heterocycles. The molecule has 0 unspecified atom stereocenters. The van der Waals surface area contributed by atoms with Crippen LogP contribution in [-0.4, -0.2) is 33.5 Å². The van der Waals surface area contributed by atoms with E-state index in [2.05, 4.69) is 25.6 Å². The zero-order valence-corrected chi connectivity index (χ0v) is 6.81. The summed E-state index contributed by atoms with van der Waals surface area (Å²) in [5.41, 5.74) is 0. The molecule has 0 aromatic rings. The van der Waals surface area contributed by atoms with Gasteiger partial charge in [0.2, 0.25) is 0 Å². The van der Waals surface area contributed by atoms with Crippen LogP contribution in [0.4, 0.5) is 0 Å². The molecule has 1 fully saturated rings. The SMILES string of the molecule is O=C1C(=O)N(S)CCN1S. The Hall–Kier alpha value is -0.360. The molecular formula is C4H6N2O2S2. The Balaban J connectivity index is 2.70. The molecule has 0 bridgehead atoms. The molecule has 0 aliphatic carbocycles. The molecule has 1 aliphatic heterocycles. The Bertz CT molecular complexity index is 164. The first-order valence-electron chi connectivity index (χ1n) is 2.64. The molecule has 0 spiro atoms. The fourth-order valence-electron chi connectivity index (χ4n) is 0.613. The quantitative estimate of drug-likeness (QED) is 0.382. The van der Waals surface area contributed by atoms with Crippen molar-refractivity contribution in [2.24, 2.45) is 0 Å². The van der Waals surface area contributed by atoms with Crippen LogP contribution in [0.5, 0.6) is 0 Å². The summed E-state index contributed by atoms with van der Waals surface area (Å²) in [5.74, 6) is -1.24. The first-order valence-corrected chi connectivity index (χ1v) is 3.44. The van der Waals surface area contributed by atoms with Gasteiger partial charge in [0.15, 0.2) is 0 Å². The number of rotatable bonds is 0. The first-order chi connectivity index (χ1) is 4.63. The standard InChI is InChI=1S/C4H6N2O2S2/c7-3-4(8)6(10)2-1-5(3)9/h9-10H,1-2H2. The number of carbonyl (C=O) groups excluding carboxylic acids is 2. The molecule has 0 aromatic carbocycles. The van der Waals surface area contributed by atoms with Crippen molar-refractivity contribution in [3.05, 3.63) is 0 Å². The number of hydrogen-bond donors (Lipinski definition) is 2. The number of amides is 2. The average Bonchev–Trinajstić information content (AvgIpc) is 1.93. The van der Waals surface area contributed by atoms with Gasteiger partial charge in [0.1, 0.15) is 0 Å². The molecule has 1 rings (SSSR count). The molecule has 6 heteroatoms. The van der Waals surface area contributed by atoms with E-state index in [0.717, 1.165) is 8.61 Å². The summed E-state index contributed by atoms with van der Waals surface area (Å²) in [4.78, 5) is 21.5. The van der Waals surface area contributed by atoms with Crippen molar-refractivity contribution in [2.45, 2.75) is 0 Å². The molecule has 56 valence electrons. The van der Waals surface area contributed by atoms with Gasteiger partial charge in [-0.3, -0.25) is 18.2 Å². The lowest BCUT2D eigenvalue weighted by atomic mass is 10.4. The largest absolute Gasteiger partial charge is 0.322 e. The highest BCUT2D eigenvalue weighted by Gasteiger charge is 2.28. The maximum absolute atomic E-state index is 10.7. The van der Waals surface area contributed by atoms with Crippen LogP contribution in [0, 0.1) is 0 Å². The van der Waals surface area contributed by atoms with Crippen LogP contribution in [0.25, 0.3) is 0 Å². The van der Waals surface area contributed by atoms with Crippen LogP contribution in [0.15, 0.2) is 0 Å². The van der Waals surface area contributed by atoms with E-state index in [1.165, 1.54) is 0 Å². The first kappa shape index (κ1) is 7.74. The minimum absolute atomic E-state index is 0.428. The Kier molecular flexibility index (Phi) is 2.10. The monoisotopic (exact) mass is 178 g/mol. The molecule has 0 radical (unpaired) electrons. The minimum Gasteiger partial charge on any atom is -0.279 e. The number of carbonyl (C=O) groups is 2. The van der Waals surface area contributed by atoms with Gasteiger partial charge >= 0.3 is 11.8 Å². The van der Waals surface area contributed by atoms with Crippen LogP contribution in [0.1, 0.15) is 0 Å². The zero-order valence-electron chi connectivity index (χ0n) is 5.02. The third kappa shape index (κ3) is 1.22. The summed E-state index contributed by atoms with van der Waals surface area (Å²) >= 11 is 7.52. The molecule has 0 atom stereocenters. The molecule has 2 amide bonds. The van der Waals surface area contributed by atoms with Gasteiger partial charge in [-0.1, -0.05) is 25.6 Å². The zero-order chi connectivity index (χ0) is 7.72. The number of hydrogen-bond acceptors (Lipinski definition) is 4. The molecule has 10 heavy (non-hydrogen) atoms. The van der Waals surface area contributed by atoms with Gasteiger partial charge in [-0.15, -0.1) is 0 Å². The van der Waals surface area contributed by atoms with E-state index in [1.54, 1.807) is 0 Å². The maximum atomic E-state index is 10.7. The van der Waals surface area contributed by atoms with Gasteiger partial charge in [-0.05, 0) is 0 Å². The minimum atomic E-state index is -0.621. The van der Waals surface area contributed by atoms with Gasteiger partial charge in [0, 0.05) is 0 Å². The summed E-state index contributed by atoms with van der Waals surface area (Å²) in [6, 6.07) is 0. The maximum Gasteiger partial charge on any atom is 0.322 e. The second kappa shape index (κ2) is 2.71. The van der Waals surface area contributed by atoms with Crippen LogP contribution >= 0.6 is 25.6 Å². The highest BCUT2D eigenvalue weighted by molar-refractivity contribution is 7.79. The predicted molar refractivity (Wildman–Crippen MR) is 41.4 cm³/mol. The van der Waals surface area contributed by atoms with Crippen LogP contribution in [0.3, 0.4) is 0 Å². The molecular weight excluding hydrogens is 172 g/mol.